The van der Waals surface area contributed by atoms with Gasteiger partial charge < -0.3 is 20.1 Å². The number of ether oxygens (including phenoxy) is 1. The molecule has 0 unspecified atom stereocenters. The van der Waals surface area contributed by atoms with Crippen LogP contribution in [0, 0.1) is 5.21 Å². The predicted molar refractivity (Wildman–Crippen MR) is 57.2 cm³/mol. The molecule has 1 aliphatic rings. The summed E-state index contributed by atoms with van der Waals surface area (Å²) in [5.74, 6) is 0. The fraction of sp³-hybridized carbons (Fsp3) is 0.889. The average Bonchev–Trinajstić information content (AvgIpc) is 2.26. The standard InChI is InChI=1S/C9H18N4O4/c1-9(2,3)17-8(14)11-4-6-12(7-5-11)13(16)10-15/h15H,4-7H2,1-3H3. The van der Waals surface area contributed by atoms with Crippen LogP contribution in [0.5, 0.6) is 0 Å². The monoisotopic (exact) mass is 246 g/mol. The van der Waals surface area contributed by atoms with E-state index in [4.69, 9.17) is 9.94 Å². The highest BCUT2D eigenvalue weighted by Crippen LogP contribution is 2.11. The molecule has 0 radical (unpaired) electrons. The molecule has 0 spiro atoms. The van der Waals surface area contributed by atoms with E-state index in [0.29, 0.717) is 26.2 Å². The highest BCUT2D eigenvalue weighted by atomic mass is 16.6. The quantitative estimate of drug-likeness (QED) is 0.420. The number of carbonyl (C=O) groups excluding carboxylic acids is 1. The molecule has 0 aromatic rings. The summed E-state index contributed by atoms with van der Waals surface area (Å²) in [6, 6.07) is 0. The van der Waals surface area contributed by atoms with Crippen LogP contribution in [0.1, 0.15) is 20.8 Å². The fourth-order valence-corrected chi connectivity index (χ4v) is 1.43. The van der Waals surface area contributed by atoms with Crippen molar-refractivity contribution in [2.24, 2.45) is 5.28 Å². The zero-order valence-electron chi connectivity index (χ0n) is 10.3. The van der Waals surface area contributed by atoms with Gasteiger partial charge in [-0.25, -0.2) is 4.79 Å². The third kappa shape index (κ3) is 3.97. The van der Waals surface area contributed by atoms with Crippen molar-refractivity contribution in [3.05, 3.63) is 5.21 Å². The summed E-state index contributed by atoms with van der Waals surface area (Å²) in [5, 5.41) is 23.1. The van der Waals surface area contributed by atoms with Gasteiger partial charge in [-0.05, 0) is 20.8 Å². The van der Waals surface area contributed by atoms with E-state index >= 15 is 0 Å². The SMILES string of the molecule is CC(C)(C)OC(=O)N1CCN([N+]([O-])=NO)CC1. The Labute approximate surface area is 99.6 Å². The summed E-state index contributed by atoms with van der Waals surface area (Å²) >= 11 is 0. The second-order valence-electron chi connectivity index (χ2n) is 4.76. The molecule has 8 heteroatoms. The van der Waals surface area contributed by atoms with E-state index in [1.165, 1.54) is 9.91 Å². The van der Waals surface area contributed by atoms with Gasteiger partial charge in [0.1, 0.15) is 5.60 Å². The van der Waals surface area contributed by atoms with Gasteiger partial charge in [0.15, 0.2) is 0 Å². The first-order chi connectivity index (χ1) is 7.83. The van der Waals surface area contributed by atoms with Crippen molar-refractivity contribution < 1.29 is 19.7 Å². The van der Waals surface area contributed by atoms with Crippen LogP contribution in [0.4, 0.5) is 4.79 Å². The minimum absolute atomic E-state index is 0.117. The van der Waals surface area contributed by atoms with Gasteiger partial charge in [0.2, 0.25) is 5.28 Å². The maximum Gasteiger partial charge on any atom is 0.410 e. The van der Waals surface area contributed by atoms with Crippen molar-refractivity contribution in [3.63, 3.8) is 0 Å². The summed E-state index contributed by atoms with van der Waals surface area (Å²) in [6.45, 7) is 6.74. The largest absolute Gasteiger partial charge is 0.569 e. The van der Waals surface area contributed by atoms with Crippen LogP contribution in [0.25, 0.3) is 0 Å². The van der Waals surface area contributed by atoms with Crippen LogP contribution in [0.2, 0.25) is 0 Å². The molecule has 0 bridgehead atoms. The maximum absolute atomic E-state index is 11.7. The van der Waals surface area contributed by atoms with Crippen molar-refractivity contribution >= 4 is 6.09 Å². The number of hydrogen-bond donors (Lipinski definition) is 1. The summed E-state index contributed by atoms with van der Waals surface area (Å²) in [7, 11) is 0. The van der Waals surface area contributed by atoms with Gasteiger partial charge in [-0.15, -0.1) is 5.01 Å². The maximum atomic E-state index is 11.7. The van der Waals surface area contributed by atoms with Crippen molar-refractivity contribution in [3.8, 4) is 0 Å². The predicted octanol–water partition coefficient (Wildman–Crippen LogP) is 0.806. The molecule has 0 aliphatic carbocycles. The number of piperazine rings is 1. The van der Waals surface area contributed by atoms with Crippen molar-refractivity contribution in [1.82, 2.24) is 9.91 Å². The van der Waals surface area contributed by atoms with E-state index in [9.17, 15) is 10.0 Å². The van der Waals surface area contributed by atoms with Gasteiger partial charge in [-0.2, -0.15) is 0 Å². The Balaban J connectivity index is 2.44. The van der Waals surface area contributed by atoms with E-state index in [1.54, 1.807) is 20.8 Å². The minimum atomic E-state index is -0.529. The van der Waals surface area contributed by atoms with Crippen molar-refractivity contribution in [2.45, 2.75) is 26.4 Å². The van der Waals surface area contributed by atoms with Gasteiger partial charge in [0.05, 0.1) is 18.1 Å². The van der Waals surface area contributed by atoms with E-state index in [0.717, 1.165) is 0 Å². The third-order valence-electron chi connectivity index (χ3n) is 2.23. The molecule has 1 amide bonds. The third-order valence-corrected chi connectivity index (χ3v) is 2.23. The Bertz CT molecular complexity index is 305. The van der Waals surface area contributed by atoms with Crippen LogP contribution in [-0.2, 0) is 4.74 Å². The lowest BCUT2D eigenvalue weighted by molar-refractivity contribution is -0.711. The summed E-state index contributed by atoms with van der Waals surface area (Å²) < 4.78 is 5.20. The van der Waals surface area contributed by atoms with E-state index in [1.807, 2.05) is 0 Å². The molecule has 1 aliphatic heterocycles. The summed E-state index contributed by atoms with van der Waals surface area (Å²) in [4.78, 5) is 13.3. The van der Waals surface area contributed by atoms with Crippen molar-refractivity contribution in [1.29, 1.82) is 0 Å². The zero-order chi connectivity index (χ0) is 13.1. The van der Waals surface area contributed by atoms with Gasteiger partial charge in [0, 0.05) is 13.1 Å². The number of nitrogens with zero attached hydrogens (tertiary/aromatic N) is 4. The topological polar surface area (TPSA) is 91.4 Å². The second kappa shape index (κ2) is 5.07. The molecule has 98 valence electrons. The number of hydrazine groups is 1. The molecule has 0 atom stereocenters. The van der Waals surface area contributed by atoms with E-state index < -0.39 is 11.7 Å². The molecule has 0 aromatic carbocycles. The van der Waals surface area contributed by atoms with Crippen LogP contribution in [0.15, 0.2) is 5.28 Å². The Morgan fingerprint density at radius 1 is 1.35 bits per heavy atom. The first-order valence-electron chi connectivity index (χ1n) is 5.38. The molecule has 0 aromatic heterocycles. The smallest absolute Gasteiger partial charge is 0.410 e. The van der Waals surface area contributed by atoms with Crippen LogP contribution < -0.4 is 0 Å². The molecular formula is C9H18N4O4. The van der Waals surface area contributed by atoms with Crippen LogP contribution >= 0.6 is 0 Å². The Kier molecular flexibility index (Phi) is 3.97. The lowest BCUT2D eigenvalue weighted by Crippen LogP contribution is -2.51. The molecule has 17 heavy (non-hydrogen) atoms. The van der Waals surface area contributed by atoms with Gasteiger partial charge in [-0.1, -0.05) is 0 Å². The fourth-order valence-electron chi connectivity index (χ4n) is 1.43. The van der Waals surface area contributed by atoms with Gasteiger partial charge >= 0.3 is 6.09 Å². The first-order valence-corrected chi connectivity index (χ1v) is 5.38. The van der Waals surface area contributed by atoms with Crippen LogP contribution in [0.3, 0.4) is 0 Å². The Morgan fingerprint density at radius 2 is 1.88 bits per heavy atom. The van der Waals surface area contributed by atoms with Gasteiger partial charge in [0.25, 0.3) is 0 Å². The number of hydrogen-bond acceptors (Lipinski definition) is 4. The summed E-state index contributed by atoms with van der Waals surface area (Å²) in [5.41, 5.74) is -0.529. The van der Waals surface area contributed by atoms with E-state index in [-0.39, 0.29) is 4.97 Å². The minimum Gasteiger partial charge on any atom is -0.569 e. The van der Waals surface area contributed by atoms with Crippen molar-refractivity contribution in [2.75, 3.05) is 26.2 Å². The van der Waals surface area contributed by atoms with Gasteiger partial charge in [-0.3, -0.25) is 0 Å². The highest BCUT2D eigenvalue weighted by molar-refractivity contribution is 5.68. The number of amides is 1. The Hall–Kier alpha value is -1.73. The normalized spacial score (nSPS) is 18.2. The molecule has 0 saturated carbocycles. The highest BCUT2D eigenvalue weighted by Gasteiger charge is 2.28. The molecule has 1 saturated heterocycles. The average molecular weight is 246 g/mol. The molecule has 1 heterocycles. The second-order valence-corrected chi connectivity index (χ2v) is 4.76. The molecule has 1 rings (SSSR count). The Morgan fingerprint density at radius 3 is 2.29 bits per heavy atom. The molecule has 1 fully saturated rings. The molecule has 8 nitrogen and oxygen atoms in total. The molecule has 1 N–H and O–H groups in total. The first kappa shape index (κ1) is 13.3. The lowest BCUT2D eigenvalue weighted by Gasteiger charge is -2.32. The lowest BCUT2D eigenvalue weighted by atomic mass is 10.2. The summed E-state index contributed by atoms with van der Waals surface area (Å²) in [6.07, 6.45) is -0.393. The number of rotatable bonds is 1. The van der Waals surface area contributed by atoms with E-state index in [2.05, 4.69) is 5.28 Å². The van der Waals surface area contributed by atoms with Crippen LogP contribution in [-0.4, -0.2) is 58.0 Å². The zero-order valence-corrected chi connectivity index (χ0v) is 10.3. The molecular weight excluding hydrogens is 228 g/mol. The number of carbonyl (C=O) groups is 1.